The number of ether oxygens (including phenoxy) is 1. The van der Waals surface area contributed by atoms with Crippen LogP contribution in [0.25, 0.3) is 11.0 Å². The average Bonchev–Trinajstić information content (AvgIpc) is 2.61. The first kappa shape index (κ1) is 17.2. The molecule has 0 fully saturated rings. The monoisotopic (exact) mass is 337 g/mol. The Balaban J connectivity index is 1.90. The molecule has 0 saturated carbocycles. The number of nitrogens with one attached hydrogen (secondary N) is 1. The van der Waals surface area contributed by atoms with Crippen LogP contribution >= 0.6 is 0 Å². The molecule has 1 aromatic heterocycles. The lowest BCUT2D eigenvalue weighted by Crippen LogP contribution is -2.25. The summed E-state index contributed by atoms with van der Waals surface area (Å²) in [5, 5.41) is 4.51. The van der Waals surface area contributed by atoms with Gasteiger partial charge in [0.2, 0.25) is 0 Å². The molecule has 25 heavy (non-hydrogen) atoms. The summed E-state index contributed by atoms with van der Waals surface area (Å²) < 4.78 is 10.5. The Labute approximate surface area is 147 Å². The van der Waals surface area contributed by atoms with Crippen molar-refractivity contribution in [2.75, 3.05) is 7.11 Å². The fraction of sp³-hybridized carbons (Fsp3) is 0.286. The van der Waals surface area contributed by atoms with Crippen LogP contribution < -0.4 is 15.7 Å². The molecular weight excluding hydrogens is 314 g/mol. The molecule has 0 bridgehead atoms. The molecule has 3 rings (SSSR count). The Morgan fingerprint density at radius 1 is 1.08 bits per heavy atom. The minimum atomic E-state index is -0.349. The second kappa shape index (κ2) is 7.53. The van der Waals surface area contributed by atoms with Crippen molar-refractivity contribution in [2.45, 2.75) is 26.4 Å². The molecule has 3 aromatic rings. The molecule has 4 nitrogen and oxygen atoms in total. The van der Waals surface area contributed by atoms with Gasteiger partial charge in [0, 0.05) is 30.1 Å². The molecule has 1 heterocycles. The zero-order chi connectivity index (χ0) is 17.8. The lowest BCUT2D eigenvalue weighted by Gasteiger charge is -2.23. The first-order chi connectivity index (χ1) is 12.1. The van der Waals surface area contributed by atoms with Crippen molar-refractivity contribution in [2.24, 2.45) is 5.92 Å². The number of methoxy groups -OCH3 is 1. The highest BCUT2D eigenvalue weighted by Crippen LogP contribution is 2.25. The summed E-state index contributed by atoms with van der Waals surface area (Å²) in [4.78, 5) is 11.9. The van der Waals surface area contributed by atoms with E-state index in [9.17, 15) is 4.79 Å². The SMILES string of the molecule is COc1ccc2c(CN[C@@H](c3ccccc3)C(C)C)cc(=O)oc2c1. The molecule has 0 unspecified atom stereocenters. The van der Waals surface area contributed by atoms with Crippen molar-refractivity contribution in [3.05, 3.63) is 76.1 Å². The highest BCUT2D eigenvalue weighted by atomic mass is 16.5. The summed E-state index contributed by atoms with van der Waals surface area (Å²) in [7, 11) is 1.60. The zero-order valence-electron chi connectivity index (χ0n) is 14.8. The molecule has 130 valence electrons. The standard InChI is InChI=1S/C21H23NO3/c1-14(2)21(15-7-5-4-6-8-15)22-13-16-11-20(23)25-19-12-17(24-3)9-10-18(16)19/h4-12,14,21-22H,13H2,1-3H3/t21-/m1/s1. The van der Waals surface area contributed by atoms with Gasteiger partial charge in [-0.05, 0) is 29.2 Å². The number of hydrogen-bond donors (Lipinski definition) is 1. The summed E-state index contributed by atoms with van der Waals surface area (Å²) in [5.41, 5.74) is 2.37. The smallest absolute Gasteiger partial charge is 0.336 e. The van der Waals surface area contributed by atoms with E-state index in [2.05, 4.69) is 31.3 Å². The Morgan fingerprint density at radius 3 is 2.52 bits per heavy atom. The van der Waals surface area contributed by atoms with Gasteiger partial charge in [-0.25, -0.2) is 4.79 Å². The van der Waals surface area contributed by atoms with E-state index in [0.29, 0.717) is 23.8 Å². The summed E-state index contributed by atoms with van der Waals surface area (Å²) >= 11 is 0. The summed E-state index contributed by atoms with van der Waals surface area (Å²) in [5.74, 6) is 1.10. The molecule has 0 aliphatic heterocycles. The third-order valence-corrected chi connectivity index (χ3v) is 4.38. The van der Waals surface area contributed by atoms with Crippen molar-refractivity contribution in [3.8, 4) is 5.75 Å². The van der Waals surface area contributed by atoms with E-state index >= 15 is 0 Å². The molecule has 2 aromatic carbocycles. The topological polar surface area (TPSA) is 51.5 Å². The van der Waals surface area contributed by atoms with Crippen LogP contribution in [0.5, 0.6) is 5.75 Å². The third-order valence-electron chi connectivity index (χ3n) is 4.38. The minimum Gasteiger partial charge on any atom is -0.497 e. The van der Waals surface area contributed by atoms with Gasteiger partial charge in [0.05, 0.1) is 7.11 Å². The summed E-state index contributed by atoms with van der Waals surface area (Å²) in [6.45, 7) is 4.96. The van der Waals surface area contributed by atoms with Crippen molar-refractivity contribution in [1.29, 1.82) is 0 Å². The normalized spacial score (nSPS) is 12.5. The number of hydrogen-bond acceptors (Lipinski definition) is 4. The maximum absolute atomic E-state index is 11.9. The second-order valence-corrected chi connectivity index (χ2v) is 6.47. The van der Waals surface area contributed by atoms with Crippen LogP contribution in [0.2, 0.25) is 0 Å². The first-order valence-corrected chi connectivity index (χ1v) is 8.47. The average molecular weight is 337 g/mol. The Bertz CT molecular complexity index is 900. The molecular formula is C21H23NO3. The van der Waals surface area contributed by atoms with Crippen LogP contribution in [0, 0.1) is 5.92 Å². The van der Waals surface area contributed by atoms with Gasteiger partial charge in [-0.3, -0.25) is 0 Å². The Morgan fingerprint density at radius 2 is 1.84 bits per heavy atom. The molecule has 4 heteroatoms. The number of benzene rings is 2. The van der Waals surface area contributed by atoms with Crippen molar-refractivity contribution >= 4 is 11.0 Å². The van der Waals surface area contributed by atoms with Gasteiger partial charge < -0.3 is 14.5 Å². The maximum Gasteiger partial charge on any atom is 0.336 e. The first-order valence-electron chi connectivity index (χ1n) is 8.47. The third kappa shape index (κ3) is 3.91. The molecule has 0 aliphatic carbocycles. The van der Waals surface area contributed by atoms with Gasteiger partial charge in [-0.2, -0.15) is 0 Å². The number of fused-ring (bicyclic) bond motifs is 1. The highest BCUT2D eigenvalue weighted by Gasteiger charge is 2.16. The molecule has 0 saturated heterocycles. The van der Waals surface area contributed by atoms with Gasteiger partial charge in [-0.15, -0.1) is 0 Å². The van der Waals surface area contributed by atoms with Crippen molar-refractivity contribution < 1.29 is 9.15 Å². The molecule has 0 amide bonds. The van der Waals surface area contributed by atoms with Gasteiger partial charge in [0.25, 0.3) is 0 Å². The highest BCUT2D eigenvalue weighted by molar-refractivity contribution is 5.81. The lowest BCUT2D eigenvalue weighted by atomic mass is 9.95. The van der Waals surface area contributed by atoms with Gasteiger partial charge in [0.15, 0.2) is 0 Å². The molecule has 0 radical (unpaired) electrons. The van der Waals surface area contributed by atoms with E-state index in [1.54, 1.807) is 19.2 Å². The molecule has 0 spiro atoms. The molecule has 1 N–H and O–H groups in total. The van der Waals surface area contributed by atoms with E-state index in [0.717, 1.165) is 10.9 Å². The molecule has 1 atom stereocenters. The summed E-state index contributed by atoms with van der Waals surface area (Å²) in [6, 6.07) is 17.7. The van der Waals surface area contributed by atoms with Crippen LogP contribution in [-0.4, -0.2) is 7.11 Å². The van der Waals surface area contributed by atoms with Crippen LogP contribution in [0.1, 0.15) is 31.0 Å². The maximum atomic E-state index is 11.9. The van der Waals surface area contributed by atoms with E-state index in [-0.39, 0.29) is 11.7 Å². The number of rotatable bonds is 6. The fourth-order valence-electron chi connectivity index (χ4n) is 3.10. The fourth-order valence-corrected chi connectivity index (χ4v) is 3.10. The van der Waals surface area contributed by atoms with Gasteiger partial charge >= 0.3 is 5.63 Å². The zero-order valence-corrected chi connectivity index (χ0v) is 14.8. The van der Waals surface area contributed by atoms with Gasteiger partial charge in [0.1, 0.15) is 11.3 Å². The van der Waals surface area contributed by atoms with Crippen LogP contribution in [0.4, 0.5) is 0 Å². The molecule has 0 aliphatic rings. The van der Waals surface area contributed by atoms with Crippen LogP contribution in [-0.2, 0) is 6.54 Å². The predicted octanol–water partition coefficient (Wildman–Crippen LogP) is 4.29. The van der Waals surface area contributed by atoms with E-state index in [4.69, 9.17) is 9.15 Å². The van der Waals surface area contributed by atoms with E-state index < -0.39 is 0 Å². The lowest BCUT2D eigenvalue weighted by molar-refractivity contribution is 0.409. The van der Waals surface area contributed by atoms with E-state index in [1.165, 1.54) is 5.56 Å². The second-order valence-electron chi connectivity index (χ2n) is 6.47. The largest absolute Gasteiger partial charge is 0.497 e. The minimum absolute atomic E-state index is 0.210. The van der Waals surface area contributed by atoms with E-state index in [1.807, 2.05) is 30.3 Å². The Kier molecular flexibility index (Phi) is 5.19. The van der Waals surface area contributed by atoms with Crippen molar-refractivity contribution in [3.63, 3.8) is 0 Å². The summed E-state index contributed by atoms with van der Waals surface area (Å²) in [6.07, 6.45) is 0. The Hall–Kier alpha value is -2.59. The van der Waals surface area contributed by atoms with Gasteiger partial charge in [-0.1, -0.05) is 44.2 Å². The van der Waals surface area contributed by atoms with Crippen molar-refractivity contribution in [1.82, 2.24) is 5.32 Å². The van der Waals surface area contributed by atoms with Crippen LogP contribution in [0.3, 0.4) is 0 Å². The predicted molar refractivity (Wildman–Crippen MR) is 99.9 cm³/mol. The van der Waals surface area contributed by atoms with Crippen LogP contribution in [0.15, 0.2) is 63.8 Å². The quantitative estimate of drug-likeness (QED) is 0.682.